The van der Waals surface area contributed by atoms with Crippen LogP contribution in [0.2, 0.25) is 0 Å². The van der Waals surface area contributed by atoms with Crippen LogP contribution in [0.4, 0.5) is 0 Å². The summed E-state index contributed by atoms with van der Waals surface area (Å²) in [6, 6.07) is 0. The van der Waals surface area contributed by atoms with Crippen LogP contribution in [0.25, 0.3) is 0 Å². The molecule has 0 radical (unpaired) electrons. The first-order valence-electron chi connectivity index (χ1n) is 2.85. The molecule has 0 amide bonds. The molecule has 0 aromatic rings. The maximum atomic E-state index is 9.10. The summed E-state index contributed by atoms with van der Waals surface area (Å²) < 4.78 is 0. The first-order chi connectivity index (χ1) is 4.12. The van der Waals surface area contributed by atoms with Crippen LogP contribution in [0.1, 0.15) is 20.3 Å². The SMILES string of the molecule is CC#CCC(C)(O)CO. The van der Waals surface area contributed by atoms with Crippen LogP contribution in [0.3, 0.4) is 0 Å². The summed E-state index contributed by atoms with van der Waals surface area (Å²) in [6.07, 6.45) is 0.333. The Morgan fingerprint density at radius 1 is 1.56 bits per heavy atom. The molecule has 2 N–H and O–H groups in total. The summed E-state index contributed by atoms with van der Waals surface area (Å²) in [7, 11) is 0. The number of hydrogen-bond acceptors (Lipinski definition) is 2. The van der Waals surface area contributed by atoms with E-state index in [-0.39, 0.29) is 6.61 Å². The minimum absolute atomic E-state index is 0.234. The standard InChI is InChI=1S/C7H12O2/c1-3-4-5-7(2,9)6-8/h8-9H,5-6H2,1-2H3. The van der Waals surface area contributed by atoms with Crippen LogP contribution in [0, 0.1) is 11.8 Å². The Hall–Kier alpha value is -0.520. The molecule has 2 nitrogen and oxygen atoms in total. The second-order valence-electron chi connectivity index (χ2n) is 2.26. The Balaban J connectivity index is 3.67. The number of hydrogen-bond donors (Lipinski definition) is 2. The topological polar surface area (TPSA) is 40.5 Å². The number of aliphatic hydroxyl groups is 2. The summed E-state index contributed by atoms with van der Waals surface area (Å²) >= 11 is 0. The number of rotatable bonds is 2. The van der Waals surface area contributed by atoms with E-state index in [2.05, 4.69) is 11.8 Å². The summed E-state index contributed by atoms with van der Waals surface area (Å²) in [5.41, 5.74) is -1.02. The van der Waals surface area contributed by atoms with Gasteiger partial charge in [-0.3, -0.25) is 0 Å². The van der Waals surface area contributed by atoms with E-state index in [0.29, 0.717) is 6.42 Å². The van der Waals surface area contributed by atoms with Crippen molar-refractivity contribution in [2.75, 3.05) is 6.61 Å². The normalized spacial score (nSPS) is 15.6. The van der Waals surface area contributed by atoms with E-state index in [4.69, 9.17) is 10.2 Å². The molecule has 0 aliphatic heterocycles. The van der Waals surface area contributed by atoms with Gasteiger partial charge >= 0.3 is 0 Å². The molecule has 1 unspecified atom stereocenters. The van der Waals surface area contributed by atoms with E-state index in [9.17, 15) is 0 Å². The Morgan fingerprint density at radius 3 is 2.44 bits per heavy atom. The fourth-order valence-electron chi connectivity index (χ4n) is 0.335. The third-order valence-corrected chi connectivity index (χ3v) is 0.987. The van der Waals surface area contributed by atoms with E-state index in [1.807, 2.05) is 0 Å². The highest BCUT2D eigenvalue weighted by Gasteiger charge is 2.16. The largest absolute Gasteiger partial charge is 0.393 e. The van der Waals surface area contributed by atoms with Crippen molar-refractivity contribution in [1.29, 1.82) is 0 Å². The van der Waals surface area contributed by atoms with Crippen LogP contribution >= 0.6 is 0 Å². The van der Waals surface area contributed by atoms with Crippen molar-refractivity contribution in [1.82, 2.24) is 0 Å². The van der Waals surface area contributed by atoms with Crippen molar-refractivity contribution in [3.63, 3.8) is 0 Å². The lowest BCUT2D eigenvalue weighted by Crippen LogP contribution is -2.27. The minimum Gasteiger partial charge on any atom is -0.393 e. The van der Waals surface area contributed by atoms with Gasteiger partial charge in [-0.1, -0.05) is 0 Å². The van der Waals surface area contributed by atoms with Gasteiger partial charge in [-0.15, -0.1) is 11.8 Å². The second-order valence-corrected chi connectivity index (χ2v) is 2.26. The van der Waals surface area contributed by atoms with Gasteiger partial charge in [-0.2, -0.15) is 0 Å². The fourth-order valence-corrected chi connectivity index (χ4v) is 0.335. The van der Waals surface area contributed by atoms with Crippen molar-refractivity contribution < 1.29 is 10.2 Å². The van der Waals surface area contributed by atoms with Crippen molar-refractivity contribution in [2.24, 2.45) is 0 Å². The molecule has 0 heterocycles. The maximum absolute atomic E-state index is 9.10. The Labute approximate surface area is 55.5 Å². The zero-order valence-electron chi connectivity index (χ0n) is 5.81. The van der Waals surface area contributed by atoms with Gasteiger partial charge in [0.2, 0.25) is 0 Å². The van der Waals surface area contributed by atoms with Crippen molar-refractivity contribution in [3.05, 3.63) is 0 Å². The van der Waals surface area contributed by atoms with E-state index < -0.39 is 5.60 Å². The van der Waals surface area contributed by atoms with Gasteiger partial charge in [0, 0.05) is 6.42 Å². The number of aliphatic hydroxyl groups excluding tert-OH is 1. The average Bonchev–Trinajstić information content (AvgIpc) is 1.84. The van der Waals surface area contributed by atoms with Gasteiger partial charge in [0.1, 0.15) is 0 Å². The van der Waals surface area contributed by atoms with Gasteiger partial charge in [0.05, 0.1) is 12.2 Å². The molecule has 2 heteroatoms. The van der Waals surface area contributed by atoms with E-state index in [1.54, 1.807) is 13.8 Å². The fraction of sp³-hybridized carbons (Fsp3) is 0.714. The highest BCUT2D eigenvalue weighted by atomic mass is 16.3. The Kier molecular flexibility index (Phi) is 3.29. The Bertz CT molecular complexity index is 128. The van der Waals surface area contributed by atoms with Crippen molar-refractivity contribution >= 4 is 0 Å². The van der Waals surface area contributed by atoms with Crippen LogP contribution in [0.15, 0.2) is 0 Å². The second kappa shape index (κ2) is 3.49. The van der Waals surface area contributed by atoms with Crippen molar-refractivity contribution in [2.45, 2.75) is 25.9 Å². The van der Waals surface area contributed by atoms with E-state index >= 15 is 0 Å². The molecular weight excluding hydrogens is 116 g/mol. The van der Waals surface area contributed by atoms with Crippen LogP contribution in [0.5, 0.6) is 0 Å². The molecule has 0 spiro atoms. The third-order valence-electron chi connectivity index (χ3n) is 0.987. The zero-order valence-corrected chi connectivity index (χ0v) is 5.81. The molecule has 0 bridgehead atoms. The predicted octanol–water partition coefficient (Wildman–Crippen LogP) is 0.143. The zero-order chi connectivity index (χ0) is 7.33. The van der Waals surface area contributed by atoms with Crippen LogP contribution in [-0.4, -0.2) is 22.4 Å². The molecule has 0 rings (SSSR count). The smallest absolute Gasteiger partial charge is 0.0957 e. The highest BCUT2D eigenvalue weighted by Crippen LogP contribution is 2.05. The van der Waals surface area contributed by atoms with E-state index in [1.165, 1.54) is 0 Å². The van der Waals surface area contributed by atoms with Gasteiger partial charge in [-0.25, -0.2) is 0 Å². The molecule has 0 aromatic heterocycles. The lowest BCUT2D eigenvalue weighted by molar-refractivity contribution is 0.00629. The molecule has 0 aliphatic rings. The quantitative estimate of drug-likeness (QED) is 0.519. The first kappa shape index (κ1) is 8.48. The van der Waals surface area contributed by atoms with Crippen LogP contribution < -0.4 is 0 Å². The predicted molar refractivity (Wildman–Crippen MR) is 35.8 cm³/mol. The molecule has 0 saturated carbocycles. The first-order valence-corrected chi connectivity index (χ1v) is 2.85. The minimum atomic E-state index is -1.02. The summed E-state index contributed by atoms with van der Waals surface area (Å²) in [6.45, 7) is 3.02. The lowest BCUT2D eigenvalue weighted by Gasteiger charge is -2.15. The summed E-state index contributed by atoms with van der Waals surface area (Å²) in [5.74, 6) is 5.32. The molecule has 0 aromatic carbocycles. The maximum Gasteiger partial charge on any atom is 0.0957 e. The van der Waals surface area contributed by atoms with Gasteiger partial charge in [0.25, 0.3) is 0 Å². The van der Waals surface area contributed by atoms with Gasteiger partial charge in [-0.05, 0) is 13.8 Å². The van der Waals surface area contributed by atoms with Crippen molar-refractivity contribution in [3.8, 4) is 11.8 Å². The molecule has 9 heavy (non-hydrogen) atoms. The van der Waals surface area contributed by atoms with E-state index in [0.717, 1.165) is 0 Å². The van der Waals surface area contributed by atoms with Gasteiger partial charge in [0.15, 0.2) is 0 Å². The molecule has 52 valence electrons. The average molecular weight is 128 g/mol. The molecule has 0 aliphatic carbocycles. The lowest BCUT2D eigenvalue weighted by atomic mass is 10.1. The summed E-state index contributed by atoms with van der Waals surface area (Å²) in [5, 5.41) is 17.6. The molecule has 0 fully saturated rings. The summed E-state index contributed by atoms with van der Waals surface area (Å²) in [4.78, 5) is 0. The Morgan fingerprint density at radius 2 is 2.11 bits per heavy atom. The molecule has 1 atom stereocenters. The molecular formula is C7H12O2. The monoisotopic (exact) mass is 128 g/mol. The van der Waals surface area contributed by atoms with Crippen LogP contribution in [-0.2, 0) is 0 Å². The van der Waals surface area contributed by atoms with Gasteiger partial charge < -0.3 is 10.2 Å². The highest BCUT2D eigenvalue weighted by molar-refractivity contribution is 4.99. The molecule has 0 saturated heterocycles. The third kappa shape index (κ3) is 4.01.